The molecule has 0 spiro atoms. The van der Waals surface area contributed by atoms with Crippen molar-refractivity contribution >= 4 is 11.6 Å². The molecular formula is C13H12N4O. The summed E-state index contributed by atoms with van der Waals surface area (Å²) in [6.45, 7) is 0. The number of hydrogen-bond acceptors (Lipinski definition) is 3. The highest BCUT2D eigenvalue weighted by molar-refractivity contribution is 6.04. The highest BCUT2D eigenvalue weighted by Crippen LogP contribution is 2.15. The Morgan fingerprint density at radius 2 is 2.00 bits per heavy atom. The van der Waals surface area contributed by atoms with Crippen molar-refractivity contribution in [1.82, 2.24) is 9.78 Å². The van der Waals surface area contributed by atoms with Gasteiger partial charge in [-0.1, -0.05) is 0 Å². The van der Waals surface area contributed by atoms with E-state index in [1.165, 1.54) is 9.58 Å². The summed E-state index contributed by atoms with van der Waals surface area (Å²) in [7, 11) is 3.41. The van der Waals surface area contributed by atoms with Crippen LogP contribution in [-0.2, 0) is 7.05 Å². The van der Waals surface area contributed by atoms with E-state index in [1.54, 1.807) is 50.6 Å². The fourth-order valence-electron chi connectivity index (χ4n) is 1.63. The minimum absolute atomic E-state index is 0.139. The first-order valence-electron chi connectivity index (χ1n) is 5.39. The van der Waals surface area contributed by atoms with E-state index in [0.29, 0.717) is 11.3 Å². The Morgan fingerprint density at radius 3 is 2.50 bits per heavy atom. The third-order valence-electron chi connectivity index (χ3n) is 2.73. The Hall–Kier alpha value is -2.61. The molecule has 2 aromatic rings. The number of aromatic nitrogens is 2. The number of carbonyl (C=O) groups excluding carboxylic acids is 1. The number of nitriles is 1. The number of anilines is 1. The summed E-state index contributed by atoms with van der Waals surface area (Å²) in [6, 6.07) is 10.6. The van der Waals surface area contributed by atoms with Gasteiger partial charge in [0, 0.05) is 26.0 Å². The van der Waals surface area contributed by atoms with Crippen LogP contribution in [0.25, 0.3) is 0 Å². The van der Waals surface area contributed by atoms with E-state index in [0.717, 1.165) is 5.69 Å². The highest BCUT2D eigenvalue weighted by Gasteiger charge is 2.16. The first-order valence-corrected chi connectivity index (χ1v) is 5.39. The lowest BCUT2D eigenvalue weighted by Crippen LogP contribution is -2.28. The van der Waals surface area contributed by atoms with Gasteiger partial charge >= 0.3 is 0 Å². The van der Waals surface area contributed by atoms with E-state index in [9.17, 15) is 4.79 Å². The van der Waals surface area contributed by atoms with Crippen molar-refractivity contribution in [3.05, 3.63) is 47.8 Å². The van der Waals surface area contributed by atoms with Crippen LogP contribution in [0.1, 0.15) is 16.1 Å². The molecule has 0 bridgehead atoms. The van der Waals surface area contributed by atoms with Crippen LogP contribution in [0.4, 0.5) is 5.69 Å². The highest BCUT2D eigenvalue weighted by atomic mass is 16.2. The summed E-state index contributed by atoms with van der Waals surface area (Å²) in [5.41, 5.74) is 1.82. The lowest BCUT2D eigenvalue weighted by Gasteiger charge is -2.17. The molecule has 0 unspecified atom stereocenters. The topological polar surface area (TPSA) is 61.9 Å². The molecule has 1 aromatic carbocycles. The van der Waals surface area contributed by atoms with Gasteiger partial charge in [0.15, 0.2) is 0 Å². The second-order valence-electron chi connectivity index (χ2n) is 3.86. The molecule has 5 nitrogen and oxygen atoms in total. The summed E-state index contributed by atoms with van der Waals surface area (Å²) in [6.07, 6.45) is 1.58. The van der Waals surface area contributed by atoms with Crippen LogP contribution in [-0.4, -0.2) is 22.7 Å². The molecular weight excluding hydrogens is 228 g/mol. The van der Waals surface area contributed by atoms with Gasteiger partial charge in [-0.3, -0.25) is 9.48 Å². The minimum Gasteiger partial charge on any atom is -0.310 e. The van der Waals surface area contributed by atoms with Gasteiger partial charge in [-0.25, -0.2) is 0 Å². The van der Waals surface area contributed by atoms with Crippen LogP contribution < -0.4 is 4.90 Å². The van der Waals surface area contributed by atoms with Crippen molar-refractivity contribution in [2.75, 3.05) is 11.9 Å². The molecule has 5 heteroatoms. The van der Waals surface area contributed by atoms with Crippen molar-refractivity contribution < 1.29 is 4.79 Å². The fraction of sp³-hybridized carbons (Fsp3) is 0.154. The van der Waals surface area contributed by atoms with Crippen LogP contribution in [0.5, 0.6) is 0 Å². The van der Waals surface area contributed by atoms with Crippen LogP contribution in [0.3, 0.4) is 0 Å². The predicted octanol–water partition coefficient (Wildman–Crippen LogP) is 1.57. The molecule has 2 rings (SSSR count). The summed E-state index contributed by atoms with van der Waals surface area (Å²) >= 11 is 0. The average Bonchev–Trinajstić information content (AvgIpc) is 2.83. The largest absolute Gasteiger partial charge is 0.310 e. The van der Waals surface area contributed by atoms with E-state index >= 15 is 0 Å². The lowest BCUT2D eigenvalue weighted by molar-refractivity contribution is 0.0984. The standard InChI is InChI=1S/C13H12N4O/c1-16(11-5-3-10(9-14)4-6-11)13(18)12-7-8-15-17(12)2/h3-8H,1-2H3. The molecule has 1 amide bonds. The Labute approximate surface area is 105 Å². The summed E-state index contributed by atoms with van der Waals surface area (Å²) < 4.78 is 1.53. The van der Waals surface area contributed by atoms with Gasteiger partial charge in [0.25, 0.3) is 5.91 Å². The predicted molar refractivity (Wildman–Crippen MR) is 67.1 cm³/mol. The van der Waals surface area contributed by atoms with Gasteiger partial charge < -0.3 is 4.90 Å². The van der Waals surface area contributed by atoms with Crippen LogP contribution in [0.2, 0.25) is 0 Å². The maximum Gasteiger partial charge on any atom is 0.276 e. The van der Waals surface area contributed by atoms with Crippen LogP contribution in [0.15, 0.2) is 36.5 Å². The Balaban J connectivity index is 2.26. The summed E-state index contributed by atoms with van der Waals surface area (Å²) in [5, 5.41) is 12.7. The Morgan fingerprint density at radius 1 is 1.33 bits per heavy atom. The molecule has 0 aliphatic carbocycles. The number of amides is 1. The van der Waals surface area contributed by atoms with Crippen molar-refractivity contribution in [2.24, 2.45) is 7.05 Å². The molecule has 0 saturated carbocycles. The molecule has 0 saturated heterocycles. The molecule has 0 atom stereocenters. The minimum atomic E-state index is -0.139. The molecule has 0 radical (unpaired) electrons. The Bertz CT molecular complexity index is 607. The molecule has 0 aliphatic rings. The van der Waals surface area contributed by atoms with Gasteiger partial charge in [-0.05, 0) is 30.3 Å². The van der Waals surface area contributed by atoms with Gasteiger partial charge in [-0.2, -0.15) is 10.4 Å². The molecule has 1 heterocycles. The van der Waals surface area contributed by atoms with Gasteiger partial charge in [-0.15, -0.1) is 0 Å². The zero-order chi connectivity index (χ0) is 13.1. The number of hydrogen-bond donors (Lipinski definition) is 0. The normalized spacial score (nSPS) is 9.83. The smallest absolute Gasteiger partial charge is 0.276 e. The van der Waals surface area contributed by atoms with Gasteiger partial charge in [0.05, 0.1) is 11.6 Å². The SMILES string of the molecule is CN(C(=O)c1ccnn1C)c1ccc(C#N)cc1. The third kappa shape index (κ3) is 2.09. The molecule has 18 heavy (non-hydrogen) atoms. The van der Waals surface area contributed by atoms with E-state index < -0.39 is 0 Å². The number of carbonyl (C=O) groups is 1. The maximum atomic E-state index is 12.2. The van der Waals surface area contributed by atoms with Crippen molar-refractivity contribution in [2.45, 2.75) is 0 Å². The summed E-state index contributed by atoms with van der Waals surface area (Å²) in [4.78, 5) is 13.7. The second kappa shape index (κ2) is 4.72. The zero-order valence-corrected chi connectivity index (χ0v) is 10.2. The number of aryl methyl sites for hydroxylation is 1. The zero-order valence-electron chi connectivity index (χ0n) is 10.2. The maximum absolute atomic E-state index is 12.2. The fourth-order valence-corrected chi connectivity index (χ4v) is 1.63. The number of nitrogens with zero attached hydrogens (tertiary/aromatic N) is 4. The van der Waals surface area contributed by atoms with Crippen molar-refractivity contribution in [3.8, 4) is 6.07 Å². The molecule has 0 aliphatic heterocycles. The van der Waals surface area contributed by atoms with Crippen molar-refractivity contribution in [1.29, 1.82) is 5.26 Å². The van der Waals surface area contributed by atoms with Crippen LogP contribution >= 0.6 is 0 Å². The molecule has 1 aromatic heterocycles. The molecule has 0 N–H and O–H groups in total. The number of rotatable bonds is 2. The van der Waals surface area contributed by atoms with Gasteiger partial charge in [0.2, 0.25) is 0 Å². The number of benzene rings is 1. The van der Waals surface area contributed by atoms with Crippen molar-refractivity contribution in [3.63, 3.8) is 0 Å². The first-order chi connectivity index (χ1) is 8.63. The molecule has 0 fully saturated rings. The van der Waals surface area contributed by atoms with Crippen LogP contribution in [0, 0.1) is 11.3 Å². The van der Waals surface area contributed by atoms with E-state index in [4.69, 9.17) is 5.26 Å². The average molecular weight is 240 g/mol. The summed E-state index contributed by atoms with van der Waals surface area (Å²) in [5.74, 6) is -0.139. The van der Waals surface area contributed by atoms with E-state index in [-0.39, 0.29) is 5.91 Å². The second-order valence-corrected chi connectivity index (χ2v) is 3.86. The Kier molecular flexibility index (Phi) is 3.11. The first kappa shape index (κ1) is 11.9. The quantitative estimate of drug-likeness (QED) is 0.800. The lowest BCUT2D eigenvalue weighted by atomic mass is 10.2. The third-order valence-corrected chi connectivity index (χ3v) is 2.73. The monoisotopic (exact) mass is 240 g/mol. The van der Waals surface area contributed by atoms with E-state index in [1.807, 2.05) is 6.07 Å². The van der Waals surface area contributed by atoms with E-state index in [2.05, 4.69) is 5.10 Å². The van der Waals surface area contributed by atoms with Gasteiger partial charge in [0.1, 0.15) is 5.69 Å². The molecule has 90 valence electrons.